The molecule has 7 nitrogen and oxygen atoms in total. The summed E-state index contributed by atoms with van der Waals surface area (Å²) in [5.41, 5.74) is 2.39. The van der Waals surface area contributed by atoms with Gasteiger partial charge < -0.3 is 15.2 Å². The smallest absolute Gasteiger partial charge is 0.325 e. The van der Waals surface area contributed by atoms with Gasteiger partial charge in [0.1, 0.15) is 12.6 Å². The van der Waals surface area contributed by atoms with E-state index in [1.165, 1.54) is 6.42 Å². The number of rotatable bonds is 7. The predicted molar refractivity (Wildman–Crippen MR) is 130 cm³/mol. The van der Waals surface area contributed by atoms with Gasteiger partial charge in [-0.3, -0.25) is 14.5 Å². The summed E-state index contributed by atoms with van der Waals surface area (Å²) < 4.78 is 0. The van der Waals surface area contributed by atoms with Crippen LogP contribution in [-0.4, -0.2) is 45.2 Å². The number of hydrogen-bond acceptors (Lipinski definition) is 3. The average Bonchev–Trinajstić information content (AvgIpc) is 3.34. The topological polar surface area (TPSA) is 85.5 Å². The van der Waals surface area contributed by atoms with E-state index < -0.39 is 18.0 Å². The Balaban J connectivity index is 1.36. The van der Waals surface area contributed by atoms with Gasteiger partial charge in [0.2, 0.25) is 5.91 Å². The Morgan fingerprint density at radius 2 is 1.91 bits per heavy atom. The minimum absolute atomic E-state index is 0.0328. The van der Waals surface area contributed by atoms with Crippen LogP contribution in [0.2, 0.25) is 5.02 Å². The number of urea groups is 1. The first-order chi connectivity index (χ1) is 16.4. The van der Waals surface area contributed by atoms with Crippen LogP contribution in [0.3, 0.4) is 0 Å². The Morgan fingerprint density at radius 1 is 1.15 bits per heavy atom. The number of hydrogen-bond donors (Lipinski definition) is 2. The number of carbonyl (C=O) groups is 3. The Kier molecular flexibility index (Phi) is 6.04. The second-order valence-electron chi connectivity index (χ2n) is 9.15. The second-order valence-corrected chi connectivity index (χ2v) is 9.56. The molecule has 34 heavy (non-hydrogen) atoms. The van der Waals surface area contributed by atoms with Crippen molar-refractivity contribution in [3.63, 3.8) is 0 Å². The van der Waals surface area contributed by atoms with Gasteiger partial charge >= 0.3 is 6.03 Å². The fraction of sp³-hybridized carbons (Fsp3) is 0.346. The average molecular weight is 479 g/mol. The van der Waals surface area contributed by atoms with Crippen molar-refractivity contribution >= 4 is 40.3 Å². The van der Waals surface area contributed by atoms with E-state index in [1.807, 2.05) is 47.4 Å². The third-order valence-electron chi connectivity index (χ3n) is 7.16. The Bertz CT molecular complexity index is 1240. The normalized spacial score (nSPS) is 19.2. The minimum Gasteiger partial charge on any atom is -0.361 e. The summed E-state index contributed by atoms with van der Waals surface area (Å²) >= 11 is 6.37. The highest BCUT2D eigenvalue weighted by atomic mass is 35.5. The van der Waals surface area contributed by atoms with E-state index in [9.17, 15) is 14.4 Å². The molecule has 2 aromatic carbocycles. The molecule has 2 N–H and O–H groups in total. The zero-order chi connectivity index (χ0) is 23.8. The number of nitrogens with zero attached hydrogens (tertiary/aromatic N) is 2. The summed E-state index contributed by atoms with van der Waals surface area (Å²) in [6, 6.07) is 13.8. The number of amides is 4. The van der Waals surface area contributed by atoms with E-state index in [4.69, 9.17) is 11.6 Å². The SMILES string of the molecule is C[C@@H](C1CCC1)N(Cc1ccccc1)C(=O)CN1C(=O)NC(c2c[nH]c3cccc(Cl)c23)C1=O. The number of fused-ring (bicyclic) bond motifs is 1. The van der Waals surface area contributed by atoms with E-state index >= 15 is 0 Å². The van der Waals surface area contributed by atoms with Crippen molar-refractivity contribution in [3.8, 4) is 0 Å². The highest BCUT2D eigenvalue weighted by Gasteiger charge is 2.42. The molecule has 1 saturated heterocycles. The van der Waals surface area contributed by atoms with Gasteiger partial charge in [0, 0.05) is 35.2 Å². The fourth-order valence-electron chi connectivity index (χ4n) is 4.91. The maximum Gasteiger partial charge on any atom is 0.325 e. The molecule has 2 aliphatic rings. The number of halogens is 1. The molecule has 1 aliphatic carbocycles. The second kappa shape index (κ2) is 9.14. The summed E-state index contributed by atoms with van der Waals surface area (Å²) in [5, 5.41) is 3.92. The van der Waals surface area contributed by atoms with Crippen molar-refractivity contribution in [1.29, 1.82) is 0 Å². The summed E-state index contributed by atoms with van der Waals surface area (Å²) in [7, 11) is 0. The molecule has 0 radical (unpaired) electrons. The van der Waals surface area contributed by atoms with E-state index in [2.05, 4.69) is 17.2 Å². The van der Waals surface area contributed by atoms with Crippen molar-refractivity contribution < 1.29 is 14.4 Å². The standard InChI is InChI=1S/C26H27ClN4O3/c1-16(18-9-5-10-18)30(14-17-7-3-2-4-8-17)22(32)15-31-25(33)24(29-26(31)34)19-13-28-21-12-6-11-20(27)23(19)21/h2-4,6-8,11-13,16,18,24,28H,5,9-10,14-15H2,1H3,(H,29,34)/t16-,24?/m0/s1. The minimum atomic E-state index is -0.888. The van der Waals surface area contributed by atoms with E-state index in [0.717, 1.165) is 28.8 Å². The van der Waals surface area contributed by atoms with Crippen LogP contribution in [0.1, 0.15) is 43.4 Å². The van der Waals surface area contributed by atoms with Crippen molar-refractivity contribution in [1.82, 2.24) is 20.1 Å². The molecule has 176 valence electrons. The largest absolute Gasteiger partial charge is 0.361 e. The highest BCUT2D eigenvalue weighted by Crippen LogP contribution is 2.34. The van der Waals surface area contributed by atoms with Crippen LogP contribution in [0.4, 0.5) is 4.79 Å². The third kappa shape index (κ3) is 4.05. The number of H-pyrrole nitrogens is 1. The van der Waals surface area contributed by atoms with Gasteiger partial charge in [-0.05, 0) is 43.4 Å². The number of carbonyl (C=O) groups excluding carboxylic acids is 3. The molecule has 4 amide bonds. The number of aromatic nitrogens is 1. The summed E-state index contributed by atoms with van der Waals surface area (Å²) in [4.78, 5) is 45.5. The van der Waals surface area contributed by atoms with Crippen molar-refractivity contribution in [3.05, 3.63) is 70.9 Å². The van der Waals surface area contributed by atoms with Gasteiger partial charge in [-0.1, -0.05) is 54.4 Å². The van der Waals surface area contributed by atoms with Crippen LogP contribution in [0.15, 0.2) is 54.7 Å². The monoisotopic (exact) mass is 478 g/mol. The molecule has 3 aromatic rings. The third-order valence-corrected chi connectivity index (χ3v) is 7.47. The Morgan fingerprint density at radius 3 is 2.62 bits per heavy atom. The van der Waals surface area contributed by atoms with Crippen LogP contribution < -0.4 is 5.32 Å². The quantitative estimate of drug-likeness (QED) is 0.485. The van der Waals surface area contributed by atoms with Crippen LogP contribution >= 0.6 is 11.6 Å². The van der Waals surface area contributed by atoms with Crippen LogP contribution in [0.5, 0.6) is 0 Å². The van der Waals surface area contributed by atoms with Gasteiger partial charge in [-0.15, -0.1) is 0 Å². The Hall–Kier alpha value is -3.32. The first kappa shape index (κ1) is 22.5. The predicted octanol–water partition coefficient (Wildman–Crippen LogP) is 4.63. The van der Waals surface area contributed by atoms with Gasteiger partial charge in [-0.25, -0.2) is 4.79 Å². The van der Waals surface area contributed by atoms with E-state index in [1.54, 1.807) is 12.3 Å². The Labute approximate surface area is 203 Å². The molecule has 1 unspecified atom stereocenters. The van der Waals surface area contributed by atoms with Gasteiger partial charge in [-0.2, -0.15) is 0 Å². The number of benzene rings is 2. The van der Waals surface area contributed by atoms with Crippen molar-refractivity contribution in [2.75, 3.05) is 6.54 Å². The molecule has 8 heteroatoms. The lowest BCUT2D eigenvalue weighted by Crippen LogP contribution is -2.49. The van der Waals surface area contributed by atoms with E-state index in [-0.39, 0.29) is 18.5 Å². The molecule has 1 aliphatic heterocycles. The molecule has 0 spiro atoms. The first-order valence-corrected chi connectivity index (χ1v) is 12.0. The molecule has 2 heterocycles. The number of nitrogens with one attached hydrogen (secondary N) is 2. The summed E-state index contributed by atoms with van der Waals surface area (Å²) in [6.45, 7) is 2.22. The molecular weight excluding hydrogens is 452 g/mol. The lowest BCUT2D eigenvalue weighted by molar-refractivity contribution is -0.140. The fourth-order valence-corrected chi connectivity index (χ4v) is 5.20. The number of aromatic amines is 1. The van der Waals surface area contributed by atoms with Crippen molar-refractivity contribution in [2.45, 2.75) is 44.8 Å². The first-order valence-electron chi connectivity index (χ1n) is 11.6. The molecule has 1 aromatic heterocycles. The molecule has 0 bridgehead atoms. The maximum absolute atomic E-state index is 13.5. The van der Waals surface area contributed by atoms with E-state index in [0.29, 0.717) is 28.4 Å². The van der Waals surface area contributed by atoms with Gasteiger partial charge in [0.15, 0.2) is 0 Å². The summed E-state index contributed by atoms with van der Waals surface area (Å²) in [6.07, 6.45) is 5.04. The zero-order valence-corrected chi connectivity index (χ0v) is 19.7. The number of imide groups is 1. The van der Waals surface area contributed by atoms with Crippen LogP contribution in [0, 0.1) is 5.92 Å². The molecule has 2 fully saturated rings. The van der Waals surface area contributed by atoms with Gasteiger partial charge in [0.25, 0.3) is 5.91 Å². The molecular formula is C26H27ClN4O3. The van der Waals surface area contributed by atoms with Crippen molar-refractivity contribution in [2.24, 2.45) is 5.92 Å². The lowest BCUT2D eigenvalue weighted by Gasteiger charge is -2.39. The molecule has 5 rings (SSSR count). The highest BCUT2D eigenvalue weighted by molar-refractivity contribution is 6.36. The zero-order valence-electron chi connectivity index (χ0n) is 19.0. The van der Waals surface area contributed by atoms with Gasteiger partial charge in [0.05, 0.1) is 5.02 Å². The molecule has 1 saturated carbocycles. The maximum atomic E-state index is 13.5. The van der Waals surface area contributed by atoms with Crippen LogP contribution in [0.25, 0.3) is 10.9 Å². The summed E-state index contributed by atoms with van der Waals surface area (Å²) in [5.74, 6) is -0.239. The lowest BCUT2D eigenvalue weighted by atomic mass is 9.79. The van der Waals surface area contributed by atoms with Crippen LogP contribution in [-0.2, 0) is 16.1 Å². The molecule has 2 atom stereocenters.